The number of allylic oxidation sites excluding steroid dienone is 8. The van der Waals surface area contributed by atoms with E-state index in [2.05, 4.69) is 69.4 Å². The molecule has 5 heteroatoms. The fourth-order valence-electron chi connectivity index (χ4n) is 7.50. The van der Waals surface area contributed by atoms with Crippen LogP contribution in [0.15, 0.2) is 48.6 Å². The highest BCUT2D eigenvalue weighted by Crippen LogP contribution is 2.16. The number of unbranched alkanes of at least 4 members (excludes halogenated alkanes) is 29. The van der Waals surface area contributed by atoms with E-state index in [1.165, 1.54) is 154 Å². The van der Waals surface area contributed by atoms with Gasteiger partial charge in [-0.1, -0.05) is 243 Å². The zero-order valence-electron chi connectivity index (χ0n) is 40.2. The summed E-state index contributed by atoms with van der Waals surface area (Å²) in [6.45, 7) is 7.70. The molecule has 0 aromatic carbocycles. The Kier molecular flexibility index (Phi) is 49.4. The minimum absolute atomic E-state index is 0.0809. The SMILES string of the molecule is CC/C=C\C/C=C\C/C=C\C/C=C\CCCCCCCCC(=O)OCC(COCCCCCCCC)OC(=O)CCCCCCCCCCCCCCCCCCCCC. The molecule has 0 bridgehead atoms. The molecule has 0 aromatic heterocycles. The molecule has 1 unspecified atom stereocenters. The molecule has 0 aliphatic heterocycles. The first-order valence-corrected chi connectivity index (χ1v) is 26.2. The Labute approximate surface area is 373 Å². The van der Waals surface area contributed by atoms with Crippen LogP contribution in [0.4, 0.5) is 0 Å². The van der Waals surface area contributed by atoms with E-state index in [1.54, 1.807) is 0 Å². The average Bonchev–Trinajstić information content (AvgIpc) is 3.25. The van der Waals surface area contributed by atoms with Crippen LogP contribution in [-0.2, 0) is 23.8 Å². The second-order valence-electron chi connectivity index (χ2n) is 17.4. The van der Waals surface area contributed by atoms with Gasteiger partial charge in [0.25, 0.3) is 0 Å². The van der Waals surface area contributed by atoms with Gasteiger partial charge in [0.15, 0.2) is 6.10 Å². The maximum Gasteiger partial charge on any atom is 0.306 e. The molecular weight excluding hydrogens is 741 g/mol. The van der Waals surface area contributed by atoms with E-state index in [-0.39, 0.29) is 25.2 Å². The zero-order valence-corrected chi connectivity index (χ0v) is 40.2. The maximum absolute atomic E-state index is 12.7. The molecule has 0 N–H and O–H groups in total. The van der Waals surface area contributed by atoms with Crippen LogP contribution >= 0.6 is 0 Å². The molecule has 60 heavy (non-hydrogen) atoms. The normalized spacial score (nSPS) is 12.5. The minimum Gasteiger partial charge on any atom is -0.462 e. The van der Waals surface area contributed by atoms with E-state index >= 15 is 0 Å². The molecule has 5 nitrogen and oxygen atoms in total. The maximum atomic E-state index is 12.7. The lowest BCUT2D eigenvalue weighted by molar-refractivity contribution is -0.163. The van der Waals surface area contributed by atoms with Gasteiger partial charge in [-0.05, 0) is 57.8 Å². The fraction of sp³-hybridized carbons (Fsp3) is 0.818. The van der Waals surface area contributed by atoms with E-state index in [0.717, 1.165) is 77.0 Å². The molecule has 0 saturated carbocycles. The Morgan fingerprint density at radius 3 is 1.20 bits per heavy atom. The molecule has 0 radical (unpaired) electrons. The van der Waals surface area contributed by atoms with Crippen LogP contribution < -0.4 is 0 Å². The molecule has 0 aromatic rings. The van der Waals surface area contributed by atoms with Crippen molar-refractivity contribution in [2.75, 3.05) is 19.8 Å². The number of rotatable bonds is 48. The largest absolute Gasteiger partial charge is 0.462 e. The van der Waals surface area contributed by atoms with Crippen LogP contribution in [0.5, 0.6) is 0 Å². The van der Waals surface area contributed by atoms with Gasteiger partial charge in [0, 0.05) is 19.4 Å². The smallest absolute Gasteiger partial charge is 0.306 e. The van der Waals surface area contributed by atoms with Crippen LogP contribution in [0.3, 0.4) is 0 Å². The summed E-state index contributed by atoms with van der Waals surface area (Å²) in [6, 6.07) is 0. The predicted octanol–water partition coefficient (Wildman–Crippen LogP) is 17.6. The molecule has 0 rings (SSSR count). The molecule has 0 heterocycles. The van der Waals surface area contributed by atoms with Crippen LogP contribution in [-0.4, -0.2) is 37.9 Å². The van der Waals surface area contributed by atoms with Gasteiger partial charge in [-0.2, -0.15) is 0 Å². The minimum atomic E-state index is -0.535. The number of carbonyl (C=O) groups excluding carboxylic acids is 2. The van der Waals surface area contributed by atoms with Crippen LogP contribution in [0.1, 0.15) is 265 Å². The lowest BCUT2D eigenvalue weighted by atomic mass is 10.0. The van der Waals surface area contributed by atoms with E-state index in [0.29, 0.717) is 19.4 Å². The first-order valence-electron chi connectivity index (χ1n) is 26.2. The lowest BCUT2D eigenvalue weighted by Crippen LogP contribution is -2.30. The summed E-state index contributed by atoms with van der Waals surface area (Å²) in [5.41, 5.74) is 0. The molecular formula is C55H100O5. The van der Waals surface area contributed by atoms with E-state index in [1.807, 2.05) is 0 Å². The number of hydrogen-bond acceptors (Lipinski definition) is 5. The number of esters is 2. The van der Waals surface area contributed by atoms with Gasteiger partial charge in [-0.3, -0.25) is 9.59 Å². The summed E-state index contributed by atoms with van der Waals surface area (Å²) < 4.78 is 17.3. The number of carbonyl (C=O) groups is 2. The Balaban J connectivity index is 4.06. The van der Waals surface area contributed by atoms with Crippen molar-refractivity contribution in [1.82, 2.24) is 0 Å². The van der Waals surface area contributed by atoms with Crippen molar-refractivity contribution in [2.45, 2.75) is 271 Å². The summed E-state index contributed by atoms with van der Waals surface area (Å²) in [5.74, 6) is -0.404. The lowest BCUT2D eigenvalue weighted by Gasteiger charge is -2.18. The Morgan fingerprint density at radius 1 is 0.383 bits per heavy atom. The number of ether oxygens (including phenoxy) is 3. The van der Waals surface area contributed by atoms with Crippen LogP contribution in [0.25, 0.3) is 0 Å². The van der Waals surface area contributed by atoms with Gasteiger partial charge in [0.2, 0.25) is 0 Å². The topological polar surface area (TPSA) is 61.8 Å². The van der Waals surface area contributed by atoms with E-state index in [4.69, 9.17) is 14.2 Å². The Bertz CT molecular complexity index is 997. The van der Waals surface area contributed by atoms with Crippen molar-refractivity contribution < 1.29 is 23.8 Å². The second kappa shape index (κ2) is 51.2. The standard InChI is InChI=1S/C55H100O5/c1-4-7-10-13-16-18-20-22-24-26-28-30-32-34-36-38-40-42-45-48-54(56)59-52-53(51-58-50-47-44-15-12-9-6-3)60-55(57)49-46-43-41-39-37-35-33-31-29-27-25-23-21-19-17-14-11-8-5-2/h7,10,16,18,22,24,28,30,53H,4-6,8-9,11-15,17,19-21,23,25-27,29,31-52H2,1-3H3/b10-7-,18-16-,24-22-,30-28-. The van der Waals surface area contributed by atoms with Gasteiger partial charge in [-0.15, -0.1) is 0 Å². The van der Waals surface area contributed by atoms with Gasteiger partial charge >= 0.3 is 11.9 Å². The summed E-state index contributed by atoms with van der Waals surface area (Å²) in [5, 5.41) is 0. The molecule has 0 aliphatic rings. The monoisotopic (exact) mass is 841 g/mol. The first kappa shape index (κ1) is 57.9. The third-order valence-corrected chi connectivity index (χ3v) is 11.4. The molecule has 0 spiro atoms. The van der Waals surface area contributed by atoms with Crippen molar-refractivity contribution >= 4 is 11.9 Å². The molecule has 1 atom stereocenters. The van der Waals surface area contributed by atoms with Crippen molar-refractivity contribution in [3.8, 4) is 0 Å². The van der Waals surface area contributed by atoms with Gasteiger partial charge in [0.1, 0.15) is 6.61 Å². The van der Waals surface area contributed by atoms with Gasteiger partial charge < -0.3 is 14.2 Å². The third-order valence-electron chi connectivity index (χ3n) is 11.4. The first-order chi connectivity index (χ1) is 29.6. The molecule has 0 saturated heterocycles. The summed E-state index contributed by atoms with van der Waals surface area (Å²) >= 11 is 0. The van der Waals surface area contributed by atoms with Crippen molar-refractivity contribution in [2.24, 2.45) is 0 Å². The average molecular weight is 841 g/mol. The summed E-state index contributed by atoms with van der Waals surface area (Å²) in [6.07, 6.45) is 62.8. The van der Waals surface area contributed by atoms with Crippen LogP contribution in [0.2, 0.25) is 0 Å². The molecule has 0 aliphatic carbocycles. The van der Waals surface area contributed by atoms with E-state index in [9.17, 15) is 9.59 Å². The highest BCUT2D eigenvalue weighted by atomic mass is 16.6. The van der Waals surface area contributed by atoms with Crippen molar-refractivity contribution in [1.29, 1.82) is 0 Å². The quantitative estimate of drug-likeness (QED) is 0.0347. The Hall–Kier alpha value is -2.14. The highest BCUT2D eigenvalue weighted by molar-refractivity contribution is 5.70. The predicted molar refractivity (Wildman–Crippen MR) is 261 cm³/mol. The van der Waals surface area contributed by atoms with Gasteiger partial charge in [0.05, 0.1) is 6.61 Å². The van der Waals surface area contributed by atoms with Crippen molar-refractivity contribution in [3.63, 3.8) is 0 Å². The third kappa shape index (κ3) is 48.5. The second-order valence-corrected chi connectivity index (χ2v) is 17.4. The van der Waals surface area contributed by atoms with Crippen molar-refractivity contribution in [3.05, 3.63) is 48.6 Å². The van der Waals surface area contributed by atoms with E-state index < -0.39 is 6.10 Å². The number of hydrogen-bond donors (Lipinski definition) is 0. The molecule has 350 valence electrons. The molecule has 0 amide bonds. The summed E-state index contributed by atoms with van der Waals surface area (Å²) in [7, 11) is 0. The van der Waals surface area contributed by atoms with Gasteiger partial charge in [-0.25, -0.2) is 0 Å². The fourth-order valence-corrected chi connectivity index (χ4v) is 7.50. The molecule has 0 fully saturated rings. The zero-order chi connectivity index (χ0) is 43.5. The highest BCUT2D eigenvalue weighted by Gasteiger charge is 2.17. The van der Waals surface area contributed by atoms with Crippen LogP contribution in [0, 0.1) is 0 Å². The summed E-state index contributed by atoms with van der Waals surface area (Å²) in [4.78, 5) is 25.3. The Morgan fingerprint density at radius 2 is 0.750 bits per heavy atom.